The Kier molecular flexibility index (Phi) is 6.79. The van der Waals surface area contributed by atoms with E-state index < -0.39 is 10.0 Å². The van der Waals surface area contributed by atoms with Crippen molar-refractivity contribution in [3.8, 4) is 0 Å². The fraction of sp³-hybridized carbons (Fsp3) is 0.417. The van der Waals surface area contributed by atoms with Crippen molar-refractivity contribution in [2.45, 2.75) is 37.0 Å². The standard InChI is InChI=1S/C24H29N3O4S/c28-23(26-14-5-2-6-15-26)19-12-16-27(17-13-19)24(29)20-8-7-9-21(18-20)25-32(30,31)22-10-3-1-4-11-22/h1,3-4,7-11,18-19,25H,2,5-6,12-17H2. The number of carbonyl (C=O) groups is 2. The second-order valence-corrected chi connectivity index (χ2v) is 10.1. The predicted molar refractivity (Wildman–Crippen MR) is 123 cm³/mol. The summed E-state index contributed by atoms with van der Waals surface area (Å²) in [6.45, 7) is 2.76. The third-order valence-corrected chi connectivity index (χ3v) is 7.61. The molecular formula is C24H29N3O4S. The number of likely N-dealkylation sites (tertiary alicyclic amines) is 2. The number of nitrogens with one attached hydrogen (secondary N) is 1. The lowest BCUT2D eigenvalue weighted by molar-refractivity contribution is -0.137. The van der Waals surface area contributed by atoms with Crippen molar-refractivity contribution >= 4 is 27.5 Å². The molecule has 8 heteroatoms. The van der Waals surface area contributed by atoms with Crippen molar-refractivity contribution < 1.29 is 18.0 Å². The summed E-state index contributed by atoms with van der Waals surface area (Å²) >= 11 is 0. The number of sulfonamides is 1. The largest absolute Gasteiger partial charge is 0.342 e. The molecule has 2 amide bonds. The van der Waals surface area contributed by atoms with Crippen LogP contribution < -0.4 is 4.72 Å². The molecule has 2 saturated heterocycles. The normalized spacial score (nSPS) is 17.8. The Labute approximate surface area is 189 Å². The van der Waals surface area contributed by atoms with E-state index in [9.17, 15) is 18.0 Å². The van der Waals surface area contributed by atoms with Crippen LogP contribution in [-0.4, -0.2) is 56.2 Å². The van der Waals surface area contributed by atoms with Gasteiger partial charge in [-0.15, -0.1) is 0 Å². The Balaban J connectivity index is 1.37. The maximum atomic E-state index is 13.0. The molecule has 0 aliphatic carbocycles. The zero-order valence-corrected chi connectivity index (χ0v) is 18.9. The molecule has 7 nitrogen and oxygen atoms in total. The highest BCUT2D eigenvalue weighted by atomic mass is 32.2. The van der Waals surface area contributed by atoms with Gasteiger partial charge in [0.15, 0.2) is 0 Å². The van der Waals surface area contributed by atoms with E-state index in [0.29, 0.717) is 37.2 Å². The van der Waals surface area contributed by atoms with Crippen molar-refractivity contribution in [1.82, 2.24) is 9.80 Å². The number of benzene rings is 2. The first-order valence-corrected chi connectivity index (χ1v) is 12.7. The molecule has 4 rings (SSSR count). The zero-order chi connectivity index (χ0) is 22.6. The van der Waals surface area contributed by atoms with Gasteiger partial charge in [-0.2, -0.15) is 0 Å². The van der Waals surface area contributed by atoms with E-state index in [1.54, 1.807) is 47.4 Å². The fourth-order valence-electron chi connectivity index (χ4n) is 4.41. The summed E-state index contributed by atoms with van der Waals surface area (Å²) in [6, 6.07) is 14.7. The smallest absolute Gasteiger partial charge is 0.261 e. The van der Waals surface area contributed by atoms with Gasteiger partial charge >= 0.3 is 0 Å². The van der Waals surface area contributed by atoms with Crippen molar-refractivity contribution in [2.24, 2.45) is 5.92 Å². The highest BCUT2D eigenvalue weighted by Crippen LogP contribution is 2.24. The first kappa shape index (κ1) is 22.3. The molecule has 2 heterocycles. The third-order valence-electron chi connectivity index (χ3n) is 6.21. The van der Waals surface area contributed by atoms with Crippen molar-refractivity contribution in [3.63, 3.8) is 0 Å². The third kappa shape index (κ3) is 5.12. The summed E-state index contributed by atoms with van der Waals surface area (Å²) < 4.78 is 27.7. The molecule has 2 aliphatic rings. The van der Waals surface area contributed by atoms with Gasteiger partial charge in [0.1, 0.15) is 0 Å². The number of piperidine rings is 2. The van der Waals surface area contributed by atoms with Gasteiger partial charge in [-0.3, -0.25) is 14.3 Å². The summed E-state index contributed by atoms with van der Waals surface area (Å²) in [7, 11) is -3.73. The van der Waals surface area contributed by atoms with E-state index in [2.05, 4.69) is 4.72 Å². The molecule has 0 atom stereocenters. The van der Waals surface area contributed by atoms with Gasteiger partial charge in [-0.05, 0) is 62.4 Å². The van der Waals surface area contributed by atoms with Crippen LogP contribution in [0.4, 0.5) is 5.69 Å². The maximum absolute atomic E-state index is 13.0. The van der Waals surface area contributed by atoms with Crippen LogP contribution in [-0.2, 0) is 14.8 Å². The Morgan fingerprint density at radius 3 is 2.19 bits per heavy atom. The van der Waals surface area contributed by atoms with E-state index in [1.165, 1.54) is 18.6 Å². The van der Waals surface area contributed by atoms with Gasteiger partial charge < -0.3 is 9.80 Å². The molecule has 2 aliphatic heterocycles. The van der Waals surface area contributed by atoms with Gasteiger partial charge in [-0.25, -0.2) is 8.42 Å². The molecule has 0 spiro atoms. The highest BCUT2D eigenvalue weighted by molar-refractivity contribution is 7.92. The van der Waals surface area contributed by atoms with Gasteiger partial charge in [0.05, 0.1) is 4.90 Å². The molecule has 0 saturated carbocycles. The van der Waals surface area contributed by atoms with Crippen molar-refractivity contribution in [2.75, 3.05) is 30.9 Å². The topological polar surface area (TPSA) is 86.8 Å². The number of hydrogen-bond donors (Lipinski definition) is 1. The van der Waals surface area contributed by atoms with E-state index in [-0.39, 0.29) is 22.6 Å². The van der Waals surface area contributed by atoms with Crippen LogP contribution >= 0.6 is 0 Å². The lowest BCUT2D eigenvalue weighted by Crippen LogP contribution is -2.45. The zero-order valence-electron chi connectivity index (χ0n) is 18.1. The molecule has 2 aromatic carbocycles. The molecular weight excluding hydrogens is 426 g/mol. The summed E-state index contributed by atoms with van der Waals surface area (Å²) in [4.78, 5) is 29.7. The number of nitrogens with zero attached hydrogens (tertiary/aromatic N) is 2. The van der Waals surface area contributed by atoms with Crippen LogP contribution in [0.2, 0.25) is 0 Å². The average Bonchev–Trinajstić information content (AvgIpc) is 2.84. The van der Waals surface area contributed by atoms with E-state index in [4.69, 9.17) is 0 Å². The lowest BCUT2D eigenvalue weighted by Gasteiger charge is -2.35. The van der Waals surface area contributed by atoms with Crippen molar-refractivity contribution in [3.05, 3.63) is 60.2 Å². The number of carbonyl (C=O) groups excluding carboxylic acids is 2. The Morgan fingerprint density at radius 2 is 1.50 bits per heavy atom. The van der Waals surface area contributed by atoms with E-state index in [1.807, 2.05) is 4.90 Å². The van der Waals surface area contributed by atoms with E-state index in [0.717, 1.165) is 25.9 Å². The number of anilines is 1. The van der Waals surface area contributed by atoms with Crippen LogP contribution in [0.3, 0.4) is 0 Å². The van der Waals surface area contributed by atoms with Crippen LogP contribution in [0.5, 0.6) is 0 Å². The monoisotopic (exact) mass is 455 g/mol. The molecule has 0 aromatic heterocycles. The summed E-state index contributed by atoms with van der Waals surface area (Å²) in [6.07, 6.45) is 4.68. The second-order valence-electron chi connectivity index (χ2n) is 8.45. The van der Waals surface area contributed by atoms with Gasteiger partial charge in [0.25, 0.3) is 15.9 Å². The molecule has 1 N–H and O–H groups in total. The number of rotatable bonds is 5. The summed E-state index contributed by atoms with van der Waals surface area (Å²) in [5.74, 6) is 0.0740. The first-order valence-electron chi connectivity index (χ1n) is 11.2. The van der Waals surface area contributed by atoms with Crippen LogP contribution in [0.15, 0.2) is 59.5 Å². The molecule has 0 unspecified atom stereocenters. The Hall–Kier alpha value is -2.87. The van der Waals surface area contributed by atoms with Crippen LogP contribution in [0.1, 0.15) is 42.5 Å². The van der Waals surface area contributed by atoms with E-state index >= 15 is 0 Å². The van der Waals surface area contributed by atoms with Gasteiger partial charge in [0, 0.05) is 43.3 Å². The molecule has 32 heavy (non-hydrogen) atoms. The average molecular weight is 456 g/mol. The highest BCUT2D eigenvalue weighted by Gasteiger charge is 2.31. The minimum atomic E-state index is -3.73. The van der Waals surface area contributed by atoms with Crippen molar-refractivity contribution in [1.29, 1.82) is 0 Å². The predicted octanol–water partition coefficient (Wildman–Crippen LogP) is 3.35. The maximum Gasteiger partial charge on any atom is 0.261 e. The van der Waals surface area contributed by atoms with Crippen LogP contribution in [0, 0.1) is 5.92 Å². The minimum absolute atomic E-state index is 0.0128. The summed E-state index contributed by atoms with van der Waals surface area (Å²) in [5.41, 5.74) is 0.772. The fourth-order valence-corrected chi connectivity index (χ4v) is 5.48. The van der Waals surface area contributed by atoms with Gasteiger partial charge in [-0.1, -0.05) is 24.3 Å². The molecule has 2 fully saturated rings. The molecule has 0 bridgehead atoms. The molecule has 0 radical (unpaired) electrons. The first-order chi connectivity index (χ1) is 15.4. The lowest BCUT2D eigenvalue weighted by atomic mass is 9.94. The number of amides is 2. The molecule has 2 aromatic rings. The van der Waals surface area contributed by atoms with Gasteiger partial charge in [0.2, 0.25) is 5.91 Å². The quantitative estimate of drug-likeness (QED) is 0.749. The van der Waals surface area contributed by atoms with Crippen LogP contribution in [0.25, 0.3) is 0 Å². The minimum Gasteiger partial charge on any atom is -0.342 e. The Bertz CT molecular complexity index is 1060. The number of hydrogen-bond acceptors (Lipinski definition) is 4. The summed E-state index contributed by atoms with van der Waals surface area (Å²) in [5, 5.41) is 0. The second kappa shape index (κ2) is 9.73. The SMILES string of the molecule is O=C(c1cccc(NS(=O)(=O)c2ccccc2)c1)N1CCC(C(=O)N2CCCCC2)CC1. The molecule has 170 valence electrons. The Morgan fingerprint density at radius 1 is 0.812 bits per heavy atom.